The Labute approximate surface area is 137 Å². The standard InChI is InChI=1S/C18H12FN5/c1-11-7-12(3-5-15(11)19)18-14(8-22-23-18)13-4-6-16-21-9-17(20-2)24(16)10-13/h3-10H,1H3,(H,22,23). The van der Waals surface area contributed by atoms with Gasteiger partial charge in [0.25, 0.3) is 5.82 Å². The van der Waals surface area contributed by atoms with Crippen molar-refractivity contribution >= 4 is 11.5 Å². The minimum Gasteiger partial charge on any atom is -0.362 e. The van der Waals surface area contributed by atoms with Crippen molar-refractivity contribution in [3.8, 4) is 22.4 Å². The van der Waals surface area contributed by atoms with E-state index in [4.69, 9.17) is 6.57 Å². The molecule has 0 radical (unpaired) electrons. The van der Waals surface area contributed by atoms with Crippen molar-refractivity contribution in [1.82, 2.24) is 19.6 Å². The highest BCUT2D eigenvalue weighted by molar-refractivity contribution is 5.81. The summed E-state index contributed by atoms with van der Waals surface area (Å²) in [6.45, 7) is 8.95. The van der Waals surface area contributed by atoms with Crippen LogP contribution in [0.3, 0.4) is 0 Å². The van der Waals surface area contributed by atoms with Gasteiger partial charge in [-0.15, -0.1) is 0 Å². The number of imidazole rings is 1. The number of nitrogens with one attached hydrogen (secondary N) is 1. The van der Waals surface area contributed by atoms with Crippen molar-refractivity contribution < 1.29 is 4.39 Å². The predicted octanol–water partition coefficient (Wildman–Crippen LogP) is 4.39. The number of halogens is 1. The van der Waals surface area contributed by atoms with Crippen LogP contribution in [0.4, 0.5) is 10.2 Å². The Morgan fingerprint density at radius 1 is 1.17 bits per heavy atom. The van der Waals surface area contributed by atoms with Crippen LogP contribution in [0.5, 0.6) is 0 Å². The predicted molar refractivity (Wildman–Crippen MR) is 89.2 cm³/mol. The summed E-state index contributed by atoms with van der Waals surface area (Å²) in [5.74, 6) is 0.218. The Morgan fingerprint density at radius 2 is 2.00 bits per heavy atom. The van der Waals surface area contributed by atoms with Gasteiger partial charge in [-0.25, -0.2) is 13.8 Å². The van der Waals surface area contributed by atoms with Crippen molar-refractivity contribution in [1.29, 1.82) is 0 Å². The molecule has 5 nitrogen and oxygen atoms in total. The molecule has 24 heavy (non-hydrogen) atoms. The van der Waals surface area contributed by atoms with Crippen LogP contribution in [0.25, 0.3) is 32.9 Å². The molecule has 0 amide bonds. The highest BCUT2D eigenvalue weighted by atomic mass is 19.1. The minimum absolute atomic E-state index is 0.235. The summed E-state index contributed by atoms with van der Waals surface area (Å²) in [5, 5.41) is 7.11. The first kappa shape index (κ1) is 14.2. The van der Waals surface area contributed by atoms with Gasteiger partial charge >= 0.3 is 0 Å². The Hall–Kier alpha value is -3.46. The second-order valence-electron chi connectivity index (χ2n) is 5.50. The van der Waals surface area contributed by atoms with Crippen LogP contribution in [0.1, 0.15) is 5.56 Å². The molecular weight excluding hydrogens is 305 g/mol. The zero-order valence-electron chi connectivity index (χ0n) is 12.8. The maximum atomic E-state index is 13.5. The van der Waals surface area contributed by atoms with Crippen molar-refractivity contribution in [2.24, 2.45) is 0 Å². The molecule has 4 rings (SSSR count). The SMILES string of the molecule is [C-]#[N+]c1cnc2ccc(-c3cn[nH]c3-c3ccc(F)c(C)c3)cn12. The number of H-pyrrole nitrogens is 1. The lowest BCUT2D eigenvalue weighted by atomic mass is 10.0. The molecule has 6 heteroatoms. The van der Waals surface area contributed by atoms with Gasteiger partial charge in [0.2, 0.25) is 5.65 Å². The molecule has 0 saturated heterocycles. The molecule has 116 valence electrons. The highest BCUT2D eigenvalue weighted by Crippen LogP contribution is 2.31. The maximum Gasteiger partial charge on any atom is 0.254 e. The largest absolute Gasteiger partial charge is 0.362 e. The zero-order chi connectivity index (χ0) is 16.7. The zero-order valence-corrected chi connectivity index (χ0v) is 12.8. The van der Waals surface area contributed by atoms with Gasteiger partial charge in [0.1, 0.15) is 5.82 Å². The van der Waals surface area contributed by atoms with E-state index in [0.29, 0.717) is 17.0 Å². The van der Waals surface area contributed by atoms with E-state index >= 15 is 0 Å². The number of rotatable bonds is 2. The number of nitrogens with zero attached hydrogens (tertiary/aromatic N) is 4. The summed E-state index contributed by atoms with van der Waals surface area (Å²) >= 11 is 0. The number of benzene rings is 1. The van der Waals surface area contributed by atoms with Crippen LogP contribution in [-0.4, -0.2) is 19.6 Å². The quantitative estimate of drug-likeness (QED) is 0.557. The topological polar surface area (TPSA) is 50.3 Å². The first-order valence-corrected chi connectivity index (χ1v) is 7.32. The normalized spacial score (nSPS) is 10.9. The molecule has 0 aliphatic heterocycles. The van der Waals surface area contributed by atoms with Gasteiger partial charge < -0.3 is 4.85 Å². The van der Waals surface area contributed by atoms with Gasteiger partial charge in [0, 0.05) is 22.8 Å². The first-order valence-electron chi connectivity index (χ1n) is 7.32. The lowest BCUT2D eigenvalue weighted by Crippen LogP contribution is -1.89. The number of aryl methyl sites for hydroxylation is 1. The molecule has 3 heterocycles. The van der Waals surface area contributed by atoms with E-state index in [9.17, 15) is 4.39 Å². The second kappa shape index (κ2) is 5.32. The molecule has 0 bridgehead atoms. The summed E-state index contributed by atoms with van der Waals surface area (Å²) < 4.78 is 15.3. The molecule has 4 aromatic rings. The lowest BCUT2D eigenvalue weighted by molar-refractivity contribution is 0.619. The number of fused-ring (bicyclic) bond motifs is 1. The summed E-state index contributed by atoms with van der Waals surface area (Å²) in [5.41, 5.74) is 4.74. The van der Waals surface area contributed by atoms with Crippen molar-refractivity contribution in [2.45, 2.75) is 6.92 Å². The first-order chi connectivity index (χ1) is 11.7. The second-order valence-corrected chi connectivity index (χ2v) is 5.50. The molecular formula is C18H12FN5. The summed E-state index contributed by atoms with van der Waals surface area (Å²) in [7, 11) is 0. The molecule has 0 saturated carbocycles. The molecule has 0 fully saturated rings. The van der Waals surface area contributed by atoms with E-state index in [2.05, 4.69) is 20.0 Å². The number of aromatic nitrogens is 4. The van der Waals surface area contributed by atoms with Gasteiger partial charge in [-0.2, -0.15) is 5.10 Å². The maximum absolute atomic E-state index is 13.5. The molecule has 0 aliphatic rings. The van der Waals surface area contributed by atoms with E-state index in [0.717, 1.165) is 22.4 Å². The highest BCUT2D eigenvalue weighted by Gasteiger charge is 2.14. The fourth-order valence-corrected chi connectivity index (χ4v) is 2.74. The average Bonchev–Trinajstić information content (AvgIpc) is 3.23. The van der Waals surface area contributed by atoms with E-state index in [1.807, 2.05) is 18.3 Å². The summed E-state index contributed by atoms with van der Waals surface area (Å²) in [6.07, 6.45) is 5.13. The van der Waals surface area contributed by atoms with E-state index in [1.54, 1.807) is 35.9 Å². The number of pyridine rings is 1. The van der Waals surface area contributed by atoms with Gasteiger partial charge in [-0.3, -0.25) is 5.10 Å². The van der Waals surface area contributed by atoms with Crippen molar-refractivity contribution in [3.63, 3.8) is 0 Å². The van der Waals surface area contributed by atoms with Crippen LogP contribution in [0.15, 0.2) is 48.9 Å². The van der Waals surface area contributed by atoms with Crippen LogP contribution < -0.4 is 0 Å². The van der Waals surface area contributed by atoms with E-state index < -0.39 is 0 Å². The molecule has 1 N–H and O–H groups in total. The van der Waals surface area contributed by atoms with Gasteiger partial charge in [-0.05, 0) is 36.8 Å². The van der Waals surface area contributed by atoms with Gasteiger partial charge in [0.15, 0.2) is 0 Å². The molecule has 0 unspecified atom stereocenters. The van der Waals surface area contributed by atoms with Crippen LogP contribution in [0, 0.1) is 19.3 Å². The fourth-order valence-electron chi connectivity index (χ4n) is 2.74. The molecule has 0 aliphatic carbocycles. The lowest BCUT2D eigenvalue weighted by Gasteiger charge is -2.05. The number of hydrogen-bond donors (Lipinski definition) is 1. The Kier molecular flexibility index (Phi) is 3.14. The Morgan fingerprint density at radius 3 is 2.79 bits per heavy atom. The van der Waals surface area contributed by atoms with Crippen molar-refractivity contribution in [2.75, 3.05) is 0 Å². The van der Waals surface area contributed by atoms with Crippen LogP contribution >= 0.6 is 0 Å². The van der Waals surface area contributed by atoms with E-state index in [-0.39, 0.29) is 5.82 Å². The van der Waals surface area contributed by atoms with Crippen molar-refractivity contribution in [3.05, 3.63) is 71.7 Å². The fraction of sp³-hybridized carbons (Fsp3) is 0.0556. The average molecular weight is 317 g/mol. The van der Waals surface area contributed by atoms with E-state index in [1.165, 1.54) is 6.07 Å². The van der Waals surface area contributed by atoms with Crippen LogP contribution in [0.2, 0.25) is 0 Å². The Balaban J connectivity index is 1.88. The number of hydrogen-bond acceptors (Lipinski definition) is 2. The summed E-state index contributed by atoms with van der Waals surface area (Å²) in [6, 6.07) is 8.75. The summed E-state index contributed by atoms with van der Waals surface area (Å²) in [4.78, 5) is 7.67. The van der Waals surface area contributed by atoms with Gasteiger partial charge in [0.05, 0.1) is 24.3 Å². The molecule has 3 aromatic heterocycles. The molecule has 1 aromatic carbocycles. The van der Waals surface area contributed by atoms with Gasteiger partial charge in [-0.1, -0.05) is 6.57 Å². The van der Waals surface area contributed by atoms with Crippen LogP contribution in [-0.2, 0) is 0 Å². The smallest absolute Gasteiger partial charge is 0.254 e. The minimum atomic E-state index is -0.235. The number of aromatic amines is 1. The third-order valence-electron chi connectivity index (χ3n) is 4.00. The Bertz CT molecular complexity index is 1100. The molecule has 0 spiro atoms. The third-order valence-corrected chi connectivity index (χ3v) is 4.00. The monoisotopic (exact) mass is 317 g/mol. The third kappa shape index (κ3) is 2.15. The molecule has 0 atom stereocenters.